The quantitative estimate of drug-likeness (QED) is 0.920. The first-order chi connectivity index (χ1) is 8.60. The number of rotatable bonds is 4. The summed E-state index contributed by atoms with van der Waals surface area (Å²) >= 11 is 1.28. The third-order valence-electron chi connectivity index (χ3n) is 2.63. The van der Waals surface area contributed by atoms with Crippen LogP contribution in [-0.2, 0) is 6.54 Å². The lowest BCUT2D eigenvalue weighted by atomic mass is 10.1. The number of ether oxygens (including phenoxy) is 1. The van der Waals surface area contributed by atoms with Gasteiger partial charge in [-0.05, 0) is 24.1 Å². The van der Waals surface area contributed by atoms with Crippen LogP contribution in [-0.4, -0.2) is 9.36 Å². The maximum Gasteiger partial charge on any atom is 0.298 e. The largest absolute Gasteiger partial charge is 0.430 e. The molecule has 0 saturated heterocycles. The molecule has 2 aromatic rings. The predicted molar refractivity (Wildman–Crippen MR) is 73.1 cm³/mol. The topological polar surface area (TPSA) is 61.0 Å². The van der Waals surface area contributed by atoms with Gasteiger partial charge in [-0.1, -0.05) is 26.0 Å². The third-order valence-corrected chi connectivity index (χ3v) is 3.23. The number of hydrogen-bond donors (Lipinski definition) is 1. The minimum atomic E-state index is 0.315. The molecular weight excluding hydrogens is 246 g/mol. The highest BCUT2D eigenvalue weighted by molar-refractivity contribution is 7.07. The molecule has 1 aromatic heterocycles. The number of nitrogens with zero attached hydrogens (tertiary/aromatic N) is 2. The molecule has 18 heavy (non-hydrogen) atoms. The fourth-order valence-corrected chi connectivity index (χ4v) is 2.16. The maximum absolute atomic E-state index is 5.77. The summed E-state index contributed by atoms with van der Waals surface area (Å²) in [4.78, 5) is 4.36. The maximum atomic E-state index is 5.77. The Hall–Kier alpha value is -1.46. The lowest BCUT2D eigenvalue weighted by Crippen LogP contribution is -1.97. The van der Waals surface area contributed by atoms with Crippen molar-refractivity contribution in [1.29, 1.82) is 0 Å². The van der Waals surface area contributed by atoms with Crippen LogP contribution in [0.2, 0.25) is 0 Å². The molecule has 0 fully saturated rings. The van der Waals surface area contributed by atoms with Gasteiger partial charge in [0.1, 0.15) is 11.6 Å². The van der Waals surface area contributed by atoms with Crippen molar-refractivity contribution in [3.05, 3.63) is 35.2 Å². The number of hydrogen-bond acceptors (Lipinski definition) is 5. The molecule has 2 N–H and O–H groups in total. The van der Waals surface area contributed by atoms with Crippen molar-refractivity contribution in [2.24, 2.45) is 5.73 Å². The monoisotopic (exact) mass is 263 g/mol. The fourth-order valence-electron chi connectivity index (χ4n) is 1.47. The van der Waals surface area contributed by atoms with Crippen LogP contribution in [0.4, 0.5) is 0 Å². The van der Waals surface area contributed by atoms with E-state index in [0.29, 0.717) is 17.7 Å². The van der Waals surface area contributed by atoms with Crippen molar-refractivity contribution < 1.29 is 4.74 Å². The van der Waals surface area contributed by atoms with Crippen molar-refractivity contribution >= 4 is 11.5 Å². The molecule has 4 nitrogen and oxygen atoms in total. The molecule has 0 atom stereocenters. The van der Waals surface area contributed by atoms with Crippen molar-refractivity contribution in [2.75, 3.05) is 0 Å². The predicted octanol–water partition coefficient (Wildman–Crippen LogP) is 3.22. The van der Waals surface area contributed by atoms with Gasteiger partial charge >= 0.3 is 0 Å². The normalized spacial score (nSPS) is 10.9. The molecule has 0 saturated carbocycles. The Bertz CT molecular complexity index is 537. The molecule has 0 unspecified atom stereocenters. The number of aromatic nitrogens is 2. The van der Waals surface area contributed by atoms with Crippen molar-refractivity contribution in [3.63, 3.8) is 0 Å². The van der Waals surface area contributed by atoms with Crippen LogP contribution in [0.25, 0.3) is 0 Å². The first-order valence-electron chi connectivity index (χ1n) is 5.91. The second kappa shape index (κ2) is 5.46. The Morgan fingerprint density at radius 2 is 2.17 bits per heavy atom. The van der Waals surface area contributed by atoms with Gasteiger partial charge in [0.05, 0.1) is 0 Å². The second-order valence-electron chi connectivity index (χ2n) is 4.48. The van der Waals surface area contributed by atoms with Gasteiger partial charge in [-0.2, -0.15) is 9.36 Å². The highest BCUT2D eigenvalue weighted by atomic mass is 32.1. The van der Waals surface area contributed by atoms with Gasteiger partial charge < -0.3 is 10.5 Å². The Balaban J connectivity index is 2.22. The molecule has 2 rings (SSSR count). The summed E-state index contributed by atoms with van der Waals surface area (Å²) in [5.41, 5.74) is 7.73. The lowest BCUT2D eigenvalue weighted by molar-refractivity contribution is 0.472. The molecule has 96 valence electrons. The van der Waals surface area contributed by atoms with Crippen LogP contribution in [0.3, 0.4) is 0 Å². The van der Waals surface area contributed by atoms with E-state index in [1.54, 1.807) is 0 Å². The Morgan fingerprint density at radius 3 is 2.78 bits per heavy atom. The molecule has 0 bridgehead atoms. The average molecular weight is 263 g/mol. The summed E-state index contributed by atoms with van der Waals surface area (Å²) in [7, 11) is 0. The van der Waals surface area contributed by atoms with Crippen molar-refractivity contribution in [1.82, 2.24) is 9.36 Å². The van der Waals surface area contributed by atoms with Gasteiger partial charge in [0.15, 0.2) is 0 Å². The Kier molecular flexibility index (Phi) is 3.93. The van der Waals surface area contributed by atoms with Crippen LogP contribution in [0, 0.1) is 6.92 Å². The lowest BCUT2D eigenvalue weighted by Gasteiger charge is -2.07. The van der Waals surface area contributed by atoms with E-state index in [9.17, 15) is 0 Å². The summed E-state index contributed by atoms with van der Waals surface area (Å²) in [5.74, 6) is 1.93. The van der Waals surface area contributed by atoms with Gasteiger partial charge in [0, 0.05) is 24.0 Å². The molecule has 0 radical (unpaired) electrons. The third kappa shape index (κ3) is 2.86. The number of aryl methyl sites for hydroxylation is 1. The van der Waals surface area contributed by atoms with E-state index < -0.39 is 0 Å². The van der Waals surface area contributed by atoms with E-state index in [1.807, 2.05) is 25.1 Å². The summed E-state index contributed by atoms with van der Waals surface area (Å²) < 4.78 is 10.0. The standard InChI is InChI=1S/C13H17N3OS/c1-8(2)12-15-13(18-16-12)17-11-6-10(7-14)5-4-9(11)3/h4-6,8H,7,14H2,1-3H3. The van der Waals surface area contributed by atoms with Gasteiger partial charge in [0.2, 0.25) is 0 Å². The van der Waals surface area contributed by atoms with Gasteiger partial charge in [-0.25, -0.2) is 0 Å². The molecule has 1 heterocycles. The first kappa shape index (κ1) is 13.0. The summed E-state index contributed by atoms with van der Waals surface area (Å²) in [6, 6.07) is 5.95. The Morgan fingerprint density at radius 1 is 1.39 bits per heavy atom. The summed E-state index contributed by atoms with van der Waals surface area (Å²) in [6.07, 6.45) is 0. The molecular formula is C13H17N3OS. The average Bonchev–Trinajstić information content (AvgIpc) is 2.81. The minimum Gasteiger partial charge on any atom is -0.430 e. The summed E-state index contributed by atoms with van der Waals surface area (Å²) in [5, 5.41) is 0.580. The van der Waals surface area contributed by atoms with Crippen LogP contribution >= 0.6 is 11.5 Å². The molecule has 1 aromatic carbocycles. The van der Waals surface area contributed by atoms with E-state index in [0.717, 1.165) is 22.7 Å². The van der Waals surface area contributed by atoms with Gasteiger partial charge in [-0.15, -0.1) is 0 Å². The van der Waals surface area contributed by atoms with E-state index in [1.165, 1.54) is 11.5 Å². The zero-order chi connectivity index (χ0) is 13.1. The highest BCUT2D eigenvalue weighted by Gasteiger charge is 2.10. The minimum absolute atomic E-state index is 0.315. The second-order valence-corrected chi connectivity index (χ2v) is 5.19. The zero-order valence-electron chi connectivity index (χ0n) is 10.8. The van der Waals surface area contributed by atoms with Crippen molar-refractivity contribution in [2.45, 2.75) is 33.2 Å². The Labute approximate surface area is 111 Å². The molecule has 0 aliphatic carbocycles. The highest BCUT2D eigenvalue weighted by Crippen LogP contribution is 2.28. The first-order valence-corrected chi connectivity index (χ1v) is 6.68. The molecule has 0 spiro atoms. The fraction of sp³-hybridized carbons (Fsp3) is 0.385. The number of nitrogens with two attached hydrogens (primary N) is 1. The smallest absolute Gasteiger partial charge is 0.298 e. The van der Waals surface area contributed by atoms with Crippen LogP contribution in [0.5, 0.6) is 10.9 Å². The molecule has 0 aliphatic heterocycles. The van der Waals surface area contributed by atoms with Gasteiger partial charge in [-0.3, -0.25) is 0 Å². The van der Waals surface area contributed by atoms with E-state index in [2.05, 4.69) is 23.2 Å². The van der Waals surface area contributed by atoms with Crippen LogP contribution in [0.15, 0.2) is 18.2 Å². The molecule has 5 heteroatoms. The SMILES string of the molecule is Cc1ccc(CN)cc1Oc1nc(C(C)C)ns1. The van der Waals surface area contributed by atoms with Gasteiger partial charge in [0.25, 0.3) is 5.19 Å². The van der Waals surface area contributed by atoms with Crippen molar-refractivity contribution in [3.8, 4) is 10.9 Å². The van der Waals surface area contributed by atoms with E-state index >= 15 is 0 Å². The van der Waals surface area contributed by atoms with E-state index in [4.69, 9.17) is 10.5 Å². The summed E-state index contributed by atoms with van der Waals surface area (Å²) in [6.45, 7) is 6.63. The number of benzene rings is 1. The van der Waals surface area contributed by atoms with Crippen LogP contribution in [0.1, 0.15) is 36.7 Å². The molecule has 0 aliphatic rings. The van der Waals surface area contributed by atoms with Crippen LogP contribution < -0.4 is 10.5 Å². The molecule has 0 amide bonds. The zero-order valence-corrected chi connectivity index (χ0v) is 11.6. The van der Waals surface area contributed by atoms with E-state index in [-0.39, 0.29) is 0 Å².